The van der Waals surface area contributed by atoms with Crippen molar-refractivity contribution in [1.82, 2.24) is 10.2 Å². The molecule has 0 atom stereocenters. The van der Waals surface area contributed by atoms with Crippen LogP contribution < -0.4 is 10.1 Å². The number of carbonyl (C=O) groups excluding carboxylic acids is 2. The summed E-state index contributed by atoms with van der Waals surface area (Å²) < 4.78 is 37.4. The van der Waals surface area contributed by atoms with Gasteiger partial charge in [0.25, 0.3) is 5.91 Å². The lowest BCUT2D eigenvalue weighted by atomic mass is 9.95. The number of nitrogens with zero attached hydrogens (tertiary/aromatic N) is 1. The van der Waals surface area contributed by atoms with Crippen molar-refractivity contribution in [2.24, 2.45) is 5.92 Å². The van der Waals surface area contributed by atoms with Crippen LogP contribution in [0.5, 0.6) is 5.75 Å². The highest BCUT2D eigenvalue weighted by Crippen LogP contribution is 2.21. The zero-order valence-electron chi connectivity index (χ0n) is 17.4. The van der Waals surface area contributed by atoms with Crippen LogP contribution in [-0.2, 0) is 16.1 Å². The average Bonchev–Trinajstić information content (AvgIpc) is 2.78. The summed E-state index contributed by atoms with van der Waals surface area (Å²) in [6.45, 7) is 2.09. The summed E-state index contributed by atoms with van der Waals surface area (Å²) >= 11 is 0. The number of hydrogen-bond acceptors (Lipinski definition) is 4. The molecule has 6 nitrogen and oxygen atoms in total. The molecule has 0 aromatic heterocycles. The molecule has 0 saturated carbocycles. The number of hydrogen-bond donors (Lipinski definition) is 1. The molecule has 2 aromatic rings. The van der Waals surface area contributed by atoms with E-state index in [2.05, 4.69) is 5.32 Å². The minimum atomic E-state index is -0.875. The molecule has 1 aliphatic heterocycles. The van der Waals surface area contributed by atoms with Gasteiger partial charge in [0.15, 0.2) is 0 Å². The Kier molecular flexibility index (Phi) is 7.94. The Bertz CT molecular complexity index is 897. The fourth-order valence-corrected chi connectivity index (χ4v) is 3.46. The number of likely N-dealkylation sites (tertiary alicyclic amines) is 1. The summed E-state index contributed by atoms with van der Waals surface area (Å²) in [5, 5.41) is 2.93. The standard InChI is InChI=1S/C23H26F2N2O4/c1-30-12-13-31-19-5-2-16(3-6-19)15-26-22(28)17-8-10-27(11-9-17)23(29)20-7-4-18(24)14-21(20)25/h2-7,14,17H,8-13,15H2,1H3,(H,26,28). The molecule has 2 aromatic carbocycles. The first kappa shape index (κ1) is 22.7. The van der Waals surface area contributed by atoms with Gasteiger partial charge in [-0.1, -0.05) is 12.1 Å². The van der Waals surface area contributed by atoms with Crippen molar-refractivity contribution >= 4 is 11.8 Å². The van der Waals surface area contributed by atoms with Crippen LogP contribution >= 0.6 is 0 Å². The van der Waals surface area contributed by atoms with Gasteiger partial charge in [-0.3, -0.25) is 9.59 Å². The number of amides is 2. The highest BCUT2D eigenvalue weighted by atomic mass is 19.1. The smallest absolute Gasteiger partial charge is 0.256 e. The predicted molar refractivity (Wildman–Crippen MR) is 111 cm³/mol. The first-order valence-corrected chi connectivity index (χ1v) is 10.2. The van der Waals surface area contributed by atoms with Crippen molar-refractivity contribution in [3.05, 3.63) is 65.2 Å². The van der Waals surface area contributed by atoms with Gasteiger partial charge in [-0.2, -0.15) is 0 Å². The van der Waals surface area contributed by atoms with Crippen LogP contribution in [0, 0.1) is 17.6 Å². The summed E-state index contributed by atoms with van der Waals surface area (Å²) in [6.07, 6.45) is 0.985. The molecule has 8 heteroatoms. The minimum Gasteiger partial charge on any atom is -0.491 e. The molecule has 0 radical (unpaired) electrons. The van der Waals surface area contributed by atoms with Crippen LogP contribution in [0.4, 0.5) is 8.78 Å². The third-order valence-corrected chi connectivity index (χ3v) is 5.26. The zero-order chi connectivity index (χ0) is 22.2. The van der Waals surface area contributed by atoms with E-state index in [-0.39, 0.29) is 17.4 Å². The van der Waals surface area contributed by atoms with Gasteiger partial charge in [-0.15, -0.1) is 0 Å². The van der Waals surface area contributed by atoms with Crippen molar-refractivity contribution in [1.29, 1.82) is 0 Å². The van der Waals surface area contributed by atoms with E-state index in [0.717, 1.165) is 23.4 Å². The van der Waals surface area contributed by atoms with Gasteiger partial charge in [0.05, 0.1) is 12.2 Å². The molecule has 1 heterocycles. The predicted octanol–water partition coefficient (Wildman–Crippen LogP) is 3.16. The van der Waals surface area contributed by atoms with E-state index in [1.165, 1.54) is 4.90 Å². The highest BCUT2D eigenvalue weighted by Gasteiger charge is 2.28. The lowest BCUT2D eigenvalue weighted by Gasteiger charge is -2.31. The van der Waals surface area contributed by atoms with Gasteiger partial charge in [0.2, 0.25) is 5.91 Å². The number of methoxy groups -OCH3 is 1. The number of halogens is 2. The number of rotatable bonds is 8. The molecule has 1 saturated heterocycles. The normalized spacial score (nSPS) is 14.4. The molecule has 2 amide bonds. The van der Waals surface area contributed by atoms with Crippen LogP contribution in [0.2, 0.25) is 0 Å². The van der Waals surface area contributed by atoms with Crippen molar-refractivity contribution in [3.63, 3.8) is 0 Å². The topological polar surface area (TPSA) is 67.9 Å². The van der Waals surface area contributed by atoms with E-state index in [0.29, 0.717) is 51.8 Å². The molecule has 0 bridgehead atoms. The molecule has 1 fully saturated rings. The second kappa shape index (κ2) is 10.9. The quantitative estimate of drug-likeness (QED) is 0.651. The van der Waals surface area contributed by atoms with Crippen LogP contribution in [0.25, 0.3) is 0 Å². The van der Waals surface area contributed by atoms with Crippen LogP contribution in [-0.4, -0.2) is 50.1 Å². The lowest BCUT2D eigenvalue weighted by Crippen LogP contribution is -2.43. The molecule has 0 aliphatic carbocycles. The Hall–Kier alpha value is -3.00. The van der Waals surface area contributed by atoms with Gasteiger partial charge in [0, 0.05) is 38.7 Å². The summed E-state index contributed by atoms with van der Waals surface area (Å²) in [7, 11) is 1.61. The first-order chi connectivity index (χ1) is 15.0. The fourth-order valence-electron chi connectivity index (χ4n) is 3.46. The van der Waals surface area contributed by atoms with E-state index in [1.54, 1.807) is 7.11 Å². The Labute approximate surface area is 180 Å². The molecule has 0 unspecified atom stereocenters. The van der Waals surface area contributed by atoms with E-state index in [1.807, 2.05) is 24.3 Å². The highest BCUT2D eigenvalue weighted by molar-refractivity contribution is 5.94. The van der Waals surface area contributed by atoms with Crippen molar-refractivity contribution in [3.8, 4) is 5.75 Å². The lowest BCUT2D eigenvalue weighted by molar-refractivity contribution is -0.126. The number of benzene rings is 2. The Balaban J connectivity index is 1.44. The van der Waals surface area contributed by atoms with E-state index in [4.69, 9.17) is 9.47 Å². The van der Waals surface area contributed by atoms with Gasteiger partial charge in [0.1, 0.15) is 24.0 Å². The molecule has 1 aliphatic rings. The van der Waals surface area contributed by atoms with Crippen LogP contribution in [0.1, 0.15) is 28.8 Å². The van der Waals surface area contributed by atoms with Gasteiger partial charge in [-0.25, -0.2) is 8.78 Å². The molecular weight excluding hydrogens is 406 g/mol. The van der Waals surface area contributed by atoms with Gasteiger partial charge >= 0.3 is 0 Å². The third-order valence-electron chi connectivity index (χ3n) is 5.26. The summed E-state index contributed by atoms with van der Waals surface area (Å²) in [4.78, 5) is 26.5. The van der Waals surface area contributed by atoms with E-state index < -0.39 is 17.5 Å². The van der Waals surface area contributed by atoms with Crippen molar-refractivity contribution in [2.45, 2.75) is 19.4 Å². The Morgan fingerprint density at radius 1 is 1.06 bits per heavy atom. The second-order valence-corrected chi connectivity index (χ2v) is 7.39. The van der Waals surface area contributed by atoms with Gasteiger partial charge in [-0.05, 0) is 42.7 Å². The molecule has 3 rings (SSSR count). The zero-order valence-corrected chi connectivity index (χ0v) is 17.4. The largest absolute Gasteiger partial charge is 0.491 e. The first-order valence-electron chi connectivity index (χ1n) is 10.2. The maximum atomic E-state index is 13.9. The third kappa shape index (κ3) is 6.24. The van der Waals surface area contributed by atoms with Crippen molar-refractivity contribution < 1.29 is 27.8 Å². The summed E-state index contributed by atoms with van der Waals surface area (Å²) in [5.41, 5.74) is 0.797. The maximum absolute atomic E-state index is 13.9. The molecule has 166 valence electrons. The number of nitrogens with one attached hydrogen (secondary N) is 1. The number of carbonyl (C=O) groups is 2. The summed E-state index contributed by atoms with van der Waals surface area (Å²) in [5.74, 6) is -1.62. The Morgan fingerprint density at radius 3 is 2.42 bits per heavy atom. The van der Waals surface area contributed by atoms with Crippen molar-refractivity contribution in [2.75, 3.05) is 33.4 Å². The molecule has 0 spiro atoms. The minimum absolute atomic E-state index is 0.0690. The second-order valence-electron chi connectivity index (χ2n) is 7.39. The van der Waals surface area contributed by atoms with Crippen LogP contribution in [0.15, 0.2) is 42.5 Å². The van der Waals surface area contributed by atoms with E-state index in [9.17, 15) is 18.4 Å². The monoisotopic (exact) mass is 432 g/mol. The van der Waals surface area contributed by atoms with Gasteiger partial charge < -0.3 is 19.7 Å². The van der Waals surface area contributed by atoms with E-state index >= 15 is 0 Å². The maximum Gasteiger partial charge on any atom is 0.256 e. The number of piperidine rings is 1. The summed E-state index contributed by atoms with van der Waals surface area (Å²) in [6, 6.07) is 10.4. The fraction of sp³-hybridized carbons (Fsp3) is 0.391. The molecule has 1 N–H and O–H groups in total. The Morgan fingerprint density at radius 2 is 1.77 bits per heavy atom. The SMILES string of the molecule is COCCOc1ccc(CNC(=O)C2CCN(C(=O)c3ccc(F)cc3F)CC2)cc1. The van der Waals surface area contributed by atoms with Crippen LogP contribution in [0.3, 0.4) is 0 Å². The molecular formula is C23H26F2N2O4. The number of ether oxygens (including phenoxy) is 2. The average molecular weight is 432 g/mol. The molecule has 31 heavy (non-hydrogen) atoms.